The monoisotopic (exact) mass is 483 g/mol. The van der Waals surface area contributed by atoms with Crippen molar-refractivity contribution in [3.05, 3.63) is 89.7 Å². The molecule has 1 aliphatic heterocycles. The third-order valence-corrected chi connectivity index (χ3v) is 6.53. The standard InChI is InChI=1S/C29H29N3O4/c1-20-11-13-21(14-12-20)19-26(33)30-27-22-7-3-5-9-24(22)36-28(27)29(34)32-17-15-31(16-18-32)23-8-4-6-10-25(23)35-2/h3-14H,15-19H2,1-2H3,(H,30,33). The van der Waals surface area contributed by atoms with Crippen molar-refractivity contribution in [3.63, 3.8) is 0 Å². The molecule has 0 spiro atoms. The van der Waals surface area contributed by atoms with E-state index in [9.17, 15) is 9.59 Å². The van der Waals surface area contributed by atoms with E-state index in [2.05, 4.69) is 10.2 Å². The number of furan rings is 1. The first kappa shape index (κ1) is 23.5. The number of rotatable bonds is 6. The zero-order chi connectivity index (χ0) is 25.1. The second kappa shape index (κ2) is 10.2. The van der Waals surface area contributed by atoms with Gasteiger partial charge in [0.2, 0.25) is 11.7 Å². The number of nitrogens with zero attached hydrogens (tertiary/aromatic N) is 2. The van der Waals surface area contributed by atoms with Gasteiger partial charge in [-0.05, 0) is 36.8 Å². The topological polar surface area (TPSA) is 75.0 Å². The van der Waals surface area contributed by atoms with Crippen LogP contribution in [0.15, 0.2) is 77.2 Å². The molecule has 0 radical (unpaired) electrons. The molecule has 0 bridgehead atoms. The number of methoxy groups -OCH3 is 1. The van der Waals surface area contributed by atoms with Gasteiger partial charge in [-0.3, -0.25) is 9.59 Å². The smallest absolute Gasteiger partial charge is 0.291 e. The first-order chi connectivity index (χ1) is 17.5. The lowest BCUT2D eigenvalue weighted by atomic mass is 10.1. The van der Waals surface area contributed by atoms with E-state index in [1.54, 1.807) is 18.1 Å². The van der Waals surface area contributed by atoms with Gasteiger partial charge in [0.15, 0.2) is 0 Å². The largest absolute Gasteiger partial charge is 0.495 e. The summed E-state index contributed by atoms with van der Waals surface area (Å²) in [5.41, 5.74) is 4.06. The molecule has 2 amide bonds. The highest BCUT2D eigenvalue weighted by Crippen LogP contribution is 2.33. The molecule has 36 heavy (non-hydrogen) atoms. The lowest BCUT2D eigenvalue weighted by Crippen LogP contribution is -2.49. The van der Waals surface area contributed by atoms with Crippen LogP contribution in [-0.4, -0.2) is 50.0 Å². The Balaban J connectivity index is 1.34. The first-order valence-corrected chi connectivity index (χ1v) is 12.1. The highest BCUT2D eigenvalue weighted by Gasteiger charge is 2.29. The maximum absolute atomic E-state index is 13.6. The highest BCUT2D eigenvalue weighted by atomic mass is 16.5. The second-order valence-electron chi connectivity index (χ2n) is 8.96. The van der Waals surface area contributed by atoms with Gasteiger partial charge in [-0.15, -0.1) is 0 Å². The molecule has 0 atom stereocenters. The van der Waals surface area contributed by atoms with E-state index < -0.39 is 0 Å². The molecule has 3 aromatic carbocycles. The van der Waals surface area contributed by atoms with Crippen molar-refractivity contribution in [2.24, 2.45) is 0 Å². The summed E-state index contributed by atoms with van der Waals surface area (Å²) in [7, 11) is 1.66. The number of piperazine rings is 1. The summed E-state index contributed by atoms with van der Waals surface area (Å²) < 4.78 is 11.5. The van der Waals surface area contributed by atoms with Crippen molar-refractivity contribution in [1.29, 1.82) is 0 Å². The number of nitrogens with one attached hydrogen (secondary N) is 1. The summed E-state index contributed by atoms with van der Waals surface area (Å²) in [5, 5.41) is 3.67. The Kier molecular flexibility index (Phi) is 6.62. The van der Waals surface area contributed by atoms with Crippen LogP contribution < -0.4 is 15.0 Å². The average Bonchev–Trinajstić information content (AvgIpc) is 3.27. The van der Waals surface area contributed by atoms with Crippen molar-refractivity contribution in [2.75, 3.05) is 43.5 Å². The number of ether oxygens (including phenoxy) is 1. The van der Waals surface area contributed by atoms with Crippen molar-refractivity contribution >= 4 is 34.2 Å². The van der Waals surface area contributed by atoms with Crippen LogP contribution in [-0.2, 0) is 11.2 Å². The molecule has 7 nitrogen and oxygen atoms in total. The molecule has 1 saturated heterocycles. The first-order valence-electron chi connectivity index (χ1n) is 12.1. The Morgan fingerprint density at radius 2 is 1.61 bits per heavy atom. The quantitative estimate of drug-likeness (QED) is 0.423. The molecule has 0 unspecified atom stereocenters. The van der Waals surface area contributed by atoms with E-state index in [1.807, 2.05) is 73.7 Å². The molecule has 1 aliphatic rings. The van der Waals surface area contributed by atoms with Gasteiger partial charge in [0.1, 0.15) is 17.0 Å². The van der Waals surface area contributed by atoms with Gasteiger partial charge in [-0.1, -0.05) is 54.1 Å². The van der Waals surface area contributed by atoms with Crippen molar-refractivity contribution in [3.8, 4) is 5.75 Å². The normalized spacial score (nSPS) is 13.6. The number of hydrogen-bond acceptors (Lipinski definition) is 5. The van der Waals surface area contributed by atoms with Crippen LogP contribution >= 0.6 is 0 Å². The van der Waals surface area contributed by atoms with E-state index in [1.165, 1.54) is 0 Å². The summed E-state index contributed by atoms with van der Waals surface area (Å²) in [6.07, 6.45) is 0.213. The van der Waals surface area contributed by atoms with Gasteiger partial charge >= 0.3 is 0 Å². The zero-order valence-corrected chi connectivity index (χ0v) is 20.5. The fourth-order valence-electron chi connectivity index (χ4n) is 4.58. The third kappa shape index (κ3) is 4.77. The number of anilines is 2. The van der Waals surface area contributed by atoms with Gasteiger partial charge in [0, 0.05) is 31.6 Å². The van der Waals surface area contributed by atoms with Crippen LogP contribution in [0, 0.1) is 6.92 Å². The average molecular weight is 484 g/mol. The van der Waals surface area contributed by atoms with Crippen LogP contribution in [0.3, 0.4) is 0 Å². The number of aryl methyl sites for hydroxylation is 1. The predicted octanol–water partition coefficient (Wildman–Crippen LogP) is 4.89. The maximum Gasteiger partial charge on any atom is 0.291 e. The summed E-state index contributed by atoms with van der Waals surface area (Å²) in [4.78, 5) is 30.5. The molecular formula is C29H29N3O4. The van der Waals surface area contributed by atoms with Gasteiger partial charge in [-0.2, -0.15) is 0 Å². The molecule has 4 aromatic rings. The summed E-state index contributed by atoms with van der Waals surface area (Å²) >= 11 is 0. The Bertz CT molecular complexity index is 1390. The van der Waals surface area contributed by atoms with Gasteiger partial charge in [-0.25, -0.2) is 0 Å². The molecule has 1 aromatic heterocycles. The Labute approximate surface area is 210 Å². The highest BCUT2D eigenvalue weighted by molar-refractivity contribution is 6.11. The minimum absolute atomic E-state index is 0.166. The summed E-state index contributed by atoms with van der Waals surface area (Å²) in [6, 6.07) is 23.1. The zero-order valence-electron chi connectivity index (χ0n) is 20.5. The van der Waals surface area contributed by atoms with Gasteiger partial charge < -0.3 is 24.3 Å². The maximum atomic E-state index is 13.6. The number of carbonyl (C=O) groups is 2. The second-order valence-corrected chi connectivity index (χ2v) is 8.96. The molecule has 5 rings (SSSR count). The van der Waals surface area contributed by atoms with Gasteiger partial charge in [0.25, 0.3) is 5.91 Å². The van der Waals surface area contributed by atoms with E-state index >= 15 is 0 Å². The lowest BCUT2D eigenvalue weighted by molar-refractivity contribution is -0.115. The third-order valence-electron chi connectivity index (χ3n) is 6.53. The number of hydrogen-bond donors (Lipinski definition) is 1. The van der Waals surface area contributed by atoms with Crippen LogP contribution in [0.1, 0.15) is 21.7 Å². The van der Waals surface area contributed by atoms with Crippen molar-refractivity contribution in [2.45, 2.75) is 13.3 Å². The molecule has 2 heterocycles. The molecule has 0 aliphatic carbocycles. The van der Waals surface area contributed by atoms with Crippen LogP contribution in [0.25, 0.3) is 11.0 Å². The fraction of sp³-hybridized carbons (Fsp3) is 0.241. The number of fused-ring (bicyclic) bond motifs is 1. The Hall–Kier alpha value is -4.26. The molecule has 184 valence electrons. The van der Waals surface area contributed by atoms with Crippen molar-refractivity contribution < 1.29 is 18.7 Å². The fourth-order valence-corrected chi connectivity index (χ4v) is 4.58. The van der Waals surface area contributed by atoms with Crippen LogP contribution in [0.2, 0.25) is 0 Å². The van der Waals surface area contributed by atoms with E-state index in [4.69, 9.17) is 9.15 Å². The Morgan fingerprint density at radius 3 is 2.36 bits per heavy atom. The molecule has 7 heteroatoms. The summed E-state index contributed by atoms with van der Waals surface area (Å²) in [6.45, 7) is 4.41. The number of amides is 2. The Morgan fingerprint density at radius 1 is 0.917 bits per heavy atom. The SMILES string of the molecule is COc1ccccc1N1CCN(C(=O)c2oc3ccccc3c2NC(=O)Cc2ccc(C)cc2)CC1. The molecular weight excluding hydrogens is 454 g/mol. The van der Waals surface area contributed by atoms with E-state index in [-0.39, 0.29) is 24.0 Å². The molecule has 1 N–H and O–H groups in total. The van der Waals surface area contributed by atoms with Crippen LogP contribution in [0.4, 0.5) is 11.4 Å². The van der Waals surface area contributed by atoms with E-state index in [0.29, 0.717) is 42.8 Å². The molecule has 0 saturated carbocycles. The number of para-hydroxylation sites is 3. The summed E-state index contributed by atoms with van der Waals surface area (Å²) in [5.74, 6) is 0.560. The minimum Gasteiger partial charge on any atom is -0.495 e. The predicted molar refractivity (Wildman–Crippen MR) is 141 cm³/mol. The number of benzene rings is 3. The van der Waals surface area contributed by atoms with E-state index in [0.717, 1.165) is 22.6 Å². The minimum atomic E-state index is -0.225. The van der Waals surface area contributed by atoms with Crippen LogP contribution in [0.5, 0.6) is 5.75 Å². The molecule has 1 fully saturated rings. The lowest BCUT2D eigenvalue weighted by Gasteiger charge is -2.36. The number of carbonyl (C=O) groups excluding carboxylic acids is 2. The van der Waals surface area contributed by atoms with Crippen molar-refractivity contribution in [1.82, 2.24) is 4.90 Å². The van der Waals surface area contributed by atoms with Gasteiger partial charge in [0.05, 0.1) is 19.2 Å².